The number of fused-ring (bicyclic) bond motifs is 4. The fourth-order valence-corrected chi connectivity index (χ4v) is 5.61. The Hall–Kier alpha value is -2.23. The summed E-state index contributed by atoms with van der Waals surface area (Å²) in [5.41, 5.74) is 4.32. The number of rotatable bonds is 0. The molecular weight excluding hydrogens is 300 g/mol. The van der Waals surface area contributed by atoms with Gasteiger partial charge in [-0.25, -0.2) is 0 Å². The molecule has 3 aliphatic rings. The molecule has 4 nitrogen and oxygen atoms in total. The average molecular weight is 322 g/mol. The second-order valence-corrected chi connectivity index (χ2v) is 8.08. The molecule has 1 aromatic heterocycles. The fraction of sp³-hybridized carbons (Fsp3) is 0.450. The number of hydrogen-bond acceptors (Lipinski definition) is 2. The molecule has 4 heteroatoms. The molecule has 0 saturated carbocycles. The van der Waals surface area contributed by atoms with Crippen LogP contribution in [0.4, 0.5) is 0 Å². The number of aliphatic hydroxyl groups is 1. The van der Waals surface area contributed by atoms with E-state index in [0.717, 1.165) is 6.42 Å². The molecule has 0 spiro atoms. The maximum absolute atomic E-state index is 12.9. The van der Waals surface area contributed by atoms with Crippen LogP contribution in [-0.2, 0) is 11.2 Å². The van der Waals surface area contributed by atoms with E-state index in [-0.39, 0.29) is 23.2 Å². The van der Waals surface area contributed by atoms with Gasteiger partial charge in [0, 0.05) is 41.0 Å². The van der Waals surface area contributed by atoms with Crippen LogP contribution in [0.15, 0.2) is 35.7 Å². The highest BCUT2D eigenvalue weighted by Crippen LogP contribution is 2.58. The summed E-state index contributed by atoms with van der Waals surface area (Å²) in [5.74, 6) is 0.956. The molecule has 3 atom stereocenters. The summed E-state index contributed by atoms with van der Waals surface area (Å²) in [6.07, 6.45) is 3.81. The number of carbonyl (C=O) groups excluding carboxylic acids is 1. The van der Waals surface area contributed by atoms with E-state index < -0.39 is 0 Å². The van der Waals surface area contributed by atoms with Crippen LogP contribution in [-0.4, -0.2) is 32.5 Å². The van der Waals surface area contributed by atoms with Gasteiger partial charge in [0.15, 0.2) is 0 Å². The Morgan fingerprint density at radius 3 is 2.88 bits per heavy atom. The zero-order chi connectivity index (χ0) is 16.8. The third-order valence-corrected chi connectivity index (χ3v) is 6.66. The van der Waals surface area contributed by atoms with Crippen LogP contribution in [0.5, 0.6) is 0 Å². The van der Waals surface area contributed by atoms with Crippen molar-refractivity contribution in [3.8, 4) is 0 Å². The maximum atomic E-state index is 12.9. The number of amides is 1. The van der Waals surface area contributed by atoms with E-state index in [1.807, 2.05) is 0 Å². The van der Waals surface area contributed by atoms with Gasteiger partial charge in [0.25, 0.3) is 5.91 Å². The van der Waals surface area contributed by atoms with E-state index >= 15 is 0 Å². The number of nitrogens with one attached hydrogen (secondary N) is 1. The van der Waals surface area contributed by atoms with Crippen molar-refractivity contribution in [2.75, 3.05) is 0 Å². The summed E-state index contributed by atoms with van der Waals surface area (Å²) < 4.78 is 0. The quantitative estimate of drug-likeness (QED) is 0.574. The van der Waals surface area contributed by atoms with Gasteiger partial charge in [0.1, 0.15) is 0 Å². The van der Waals surface area contributed by atoms with Crippen molar-refractivity contribution in [1.82, 2.24) is 9.88 Å². The van der Waals surface area contributed by atoms with Crippen molar-refractivity contribution in [3.05, 3.63) is 46.9 Å². The third-order valence-electron chi connectivity index (χ3n) is 6.66. The largest absolute Gasteiger partial charge is 0.512 e. The number of nitrogens with zero attached hydrogens (tertiary/aromatic N) is 1. The van der Waals surface area contributed by atoms with Crippen LogP contribution >= 0.6 is 0 Å². The number of aromatic amines is 1. The van der Waals surface area contributed by atoms with E-state index in [0.29, 0.717) is 23.8 Å². The van der Waals surface area contributed by atoms with E-state index in [9.17, 15) is 9.90 Å². The van der Waals surface area contributed by atoms with Gasteiger partial charge in [-0.1, -0.05) is 12.1 Å². The minimum Gasteiger partial charge on any atom is -0.512 e. The number of H-pyrrole nitrogens is 1. The molecule has 24 heavy (non-hydrogen) atoms. The molecule has 3 heterocycles. The minimum absolute atomic E-state index is 0.0234. The Kier molecular flexibility index (Phi) is 2.50. The first-order valence-electron chi connectivity index (χ1n) is 8.72. The van der Waals surface area contributed by atoms with Crippen LogP contribution in [0, 0.1) is 5.92 Å². The predicted octanol–water partition coefficient (Wildman–Crippen LogP) is 3.65. The number of carbonyl (C=O) groups is 1. The van der Waals surface area contributed by atoms with Crippen molar-refractivity contribution in [2.24, 2.45) is 5.92 Å². The third kappa shape index (κ3) is 1.47. The molecule has 1 aromatic carbocycles. The van der Waals surface area contributed by atoms with Crippen LogP contribution in [0.2, 0.25) is 0 Å². The highest BCUT2D eigenvalue weighted by molar-refractivity contribution is 5.98. The molecule has 2 aromatic rings. The normalized spacial score (nSPS) is 32.2. The molecule has 2 aliphatic heterocycles. The van der Waals surface area contributed by atoms with Crippen LogP contribution < -0.4 is 0 Å². The summed E-state index contributed by atoms with van der Waals surface area (Å²) in [6.45, 7) is 6.01. The molecule has 2 fully saturated rings. The predicted molar refractivity (Wildman–Crippen MR) is 92.9 cm³/mol. The number of aliphatic hydroxyl groups excluding tert-OH is 1. The van der Waals surface area contributed by atoms with Gasteiger partial charge >= 0.3 is 0 Å². The van der Waals surface area contributed by atoms with Crippen molar-refractivity contribution >= 4 is 16.8 Å². The molecule has 1 aliphatic carbocycles. The molecule has 124 valence electrons. The Bertz CT molecular complexity index is 917. The molecule has 0 bridgehead atoms. The lowest BCUT2D eigenvalue weighted by Crippen LogP contribution is -2.46. The van der Waals surface area contributed by atoms with Crippen molar-refractivity contribution < 1.29 is 9.90 Å². The molecule has 2 saturated heterocycles. The van der Waals surface area contributed by atoms with Crippen LogP contribution in [0.1, 0.15) is 44.2 Å². The topological polar surface area (TPSA) is 56.3 Å². The first kappa shape index (κ1) is 14.1. The monoisotopic (exact) mass is 322 g/mol. The van der Waals surface area contributed by atoms with Gasteiger partial charge in [-0.05, 0) is 50.3 Å². The van der Waals surface area contributed by atoms with Gasteiger partial charge in [-0.15, -0.1) is 0 Å². The lowest BCUT2D eigenvalue weighted by atomic mass is 9.69. The number of benzene rings is 1. The van der Waals surface area contributed by atoms with E-state index in [1.54, 1.807) is 6.92 Å². The number of allylic oxidation sites excluding steroid dienone is 1. The molecule has 0 unspecified atom stereocenters. The summed E-state index contributed by atoms with van der Waals surface area (Å²) in [4.78, 5) is 18.4. The fourth-order valence-electron chi connectivity index (χ4n) is 5.61. The second-order valence-electron chi connectivity index (χ2n) is 8.08. The summed E-state index contributed by atoms with van der Waals surface area (Å²) in [5, 5.41) is 11.3. The van der Waals surface area contributed by atoms with Gasteiger partial charge in [-0.3, -0.25) is 4.79 Å². The average Bonchev–Trinajstić information content (AvgIpc) is 3.15. The molecule has 1 amide bonds. The second kappa shape index (κ2) is 4.24. The van der Waals surface area contributed by atoms with Crippen LogP contribution in [0.25, 0.3) is 10.9 Å². The lowest BCUT2D eigenvalue weighted by Gasteiger charge is -2.37. The smallest absolute Gasteiger partial charge is 0.253 e. The van der Waals surface area contributed by atoms with Gasteiger partial charge in [-0.2, -0.15) is 0 Å². The van der Waals surface area contributed by atoms with Crippen molar-refractivity contribution in [1.29, 1.82) is 0 Å². The standard InChI is InChI=1S/C20H22N2O2/c1-10(23)12-8-16-18-13-9-21-15-6-4-5-11(17(13)15)7-14(18)20(2,3)22(16)19(12)24/h4-6,9,14,16,18,21,23H,7-8H2,1-3H3/b12-10-/t14-,16-,18+/m1/s1. The van der Waals surface area contributed by atoms with E-state index in [1.165, 1.54) is 22.0 Å². The maximum Gasteiger partial charge on any atom is 0.253 e. The van der Waals surface area contributed by atoms with E-state index in [4.69, 9.17) is 0 Å². The Morgan fingerprint density at radius 2 is 2.12 bits per heavy atom. The Labute approximate surface area is 141 Å². The highest BCUT2D eigenvalue weighted by Gasteiger charge is 2.61. The van der Waals surface area contributed by atoms with Crippen molar-refractivity contribution in [2.45, 2.75) is 51.1 Å². The highest BCUT2D eigenvalue weighted by atomic mass is 16.3. The lowest BCUT2D eigenvalue weighted by molar-refractivity contribution is -0.130. The zero-order valence-electron chi connectivity index (χ0n) is 14.3. The Morgan fingerprint density at radius 1 is 1.33 bits per heavy atom. The first-order valence-corrected chi connectivity index (χ1v) is 8.72. The van der Waals surface area contributed by atoms with Gasteiger partial charge < -0.3 is 15.0 Å². The summed E-state index contributed by atoms with van der Waals surface area (Å²) in [7, 11) is 0. The van der Waals surface area contributed by atoms with Crippen molar-refractivity contribution in [3.63, 3.8) is 0 Å². The summed E-state index contributed by atoms with van der Waals surface area (Å²) >= 11 is 0. The zero-order valence-corrected chi connectivity index (χ0v) is 14.3. The Balaban J connectivity index is 1.73. The van der Waals surface area contributed by atoms with E-state index in [2.05, 4.69) is 48.1 Å². The molecule has 5 rings (SSSR count). The van der Waals surface area contributed by atoms with Gasteiger partial charge in [0.2, 0.25) is 0 Å². The molecule has 0 radical (unpaired) electrons. The molecular formula is C20H22N2O2. The SMILES string of the molecule is C/C(O)=C1\C[C@@H]2[C@H]3c4c[nH]c5cccc(c45)C[C@H]3C(C)(C)N2C1=O. The minimum atomic E-state index is -0.208. The van der Waals surface area contributed by atoms with Gasteiger partial charge in [0.05, 0.1) is 11.3 Å². The van der Waals surface area contributed by atoms with Crippen LogP contribution in [0.3, 0.4) is 0 Å². The number of hydrogen-bond donors (Lipinski definition) is 2. The summed E-state index contributed by atoms with van der Waals surface area (Å²) in [6, 6.07) is 6.62. The first-order chi connectivity index (χ1) is 11.4. The molecule has 2 N–H and O–H groups in total. The number of aromatic nitrogens is 1.